The number of hydrogen-bond acceptors (Lipinski definition) is 5. The van der Waals surface area contributed by atoms with Crippen LogP contribution in [0.3, 0.4) is 0 Å². The molecule has 1 heterocycles. The van der Waals surface area contributed by atoms with E-state index in [2.05, 4.69) is 35.6 Å². The number of carbonyl (C=O) groups excluding carboxylic acids is 1. The van der Waals surface area contributed by atoms with Crippen LogP contribution in [0, 0.1) is 0 Å². The predicted molar refractivity (Wildman–Crippen MR) is 64.7 cm³/mol. The fourth-order valence-corrected chi connectivity index (χ4v) is 1.12. The summed E-state index contributed by atoms with van der Waals surface area (Å²) in [6.07, 6.45) is 2.91. The van der Waals surface area contributed by atoms with Crippen molar-refractivity contribution in [2.75, 3.05) is 13.7 Å². The molecular weight excluding hydrogens is 218 g/mol. The summed E-state index contributed by atoms with van der Waals surface area (Å²) >= 11 is 0. The summed E-state index contributed by atoms with van der Waals surface area (Å²) in [4.78, 5) is 21.5. The number of rotatable bonds is 4. The second-order valence-electron chi connectivity index (χ2n) is 5.00. The Hall–Kier alpha value is -1.33. The highest BCUT2D eigenvalue weighted by molar-refractivity contribution is 5.96. The quantitative estimate of drug-likeness (QED) is 0.787. The van der Waals surface area contributed by atoms with Gasteiger partial charge in [0.2, 0.25) is 0 Å². The van der Waals surface area contributed by atoms with Crippen LogP contribution in [0.4, 0.5) is 0 Å². The minimum Gasteiger partial charge on any atom is -0.388 e. The van der Waals surface area contributed by atoms with Gasteiger partial charge in [-0.2, -0.15) is 0 Å². The average molecular weight is 237 g/mol. The van der Waals surface area contributed by atoms with Gasteiger partial charge in [-0.05, 0) is 27.8 Å². The maximum Gasteiger partial charge on any atom is 0.191 e. The molecule has 0 bridgehead atoms. The molecule has 5 nitrogen and oxygen atoms in total. The lowest BCUT2D eigenvalue weighted by atomic mass is 10.1. The van der Waals surface area contributed by atoms with E-state index in [9.17, 15) is 4.79 Å². The predicted octanol–water partition coefficient (Wildman–Crippen LogP) is 0.882. The molecule has 0 aliphatic carbocycles. The molecule has 0 aliphatic rings. The average Bonchev–Trinajstić information content (AvgIpc) is 2.27. The molecule has 5 heteroatoms. The lowest BCUT2D eigenvalue weighted by molar-refractivity contribution is 0.0902. The zero-order chi connectivity index (χ0) is 13.1. The molecule has 1 N–H and O–H groups in total. The van der Waals surface area contributed by atoms with Crippen LogP contribution in [0.5, 0.6) is 0 Å². The molecule has 1 rings (SSSR count). The highest BCUT2D eigenvalue weighted by Crippen LogP contribution is 2.12. The Morgan fingerprint density at radius 2 is 1.88 bits per heavy atom. The van der Waals surface area contributed by atoms with E-state index in [1.165, 1.54) is 12.4 Å². The van der Waals surface area contributed by atoms with Crippen molar-refractivity contribution in [1.29, 1.82) is 0 Å². The lowest BCUT2D eigenvalue weighted by Gasteiger charge is -2.31. The highest BCUT2D eigenvalue weighted by atomic mass is 16.3. The number of Topliss-reactive ketones (excluding diaryl/α,β-unsaturated/α-hetero) is 1. The number of ketones is 1. The monoisotopic (exact) mass is 237 g/mol. The van der Waals surface area contributed by atoms with Crippen molar-refractivity contribution in [3.05, 3.63) is 23.8 Å². The first-order valence-corrected chi connectivity index (χ1v) is 5.51. The Balaban J connectivity index is 2.72. The summed E-state index contributed by atoms with van der Waals surface area (Å²) in [6, 6.07) is 0. The van der Waals surface area contributed by atoms with Crippen molar-refractivity contribution < 1.29 is 9.90 Å². The molecule has 1 aromatic rings. The maximum atomic E-state index is 11.2. The minimum absolute atomic E-state index is 0.0446. The van der Waals surface area contributed by atoms with Crippen LogP contribution in [-0.2, 0) is 6.54 Å². The second kappa shape index (κ2) is 5.33. The smallest absolute Gasteiger partial charge is 0.191 e. The Labute approximate surface area is 102 Å². The number of aromatic nitrogens is 2. The Morgan fingerprint density at radius 1 is 1.35 bits per heavy atom. The summed E-state index contributed by atoms with van der Waals surface area (Å²) in [7, 11) is 2.00. The van der Waals surface area contributed by atoms with Crippen molar-refractivity contribution in [3.63, 3.8) is 0 Å². The van der Waals surface area contributed by atoms with E-state index in [-0.39, 0.29) is 11.3 Å². The SMILES string of the molecule is CN(Cc1ncc(C(=O)CO)cn1)C(C)(C)C. The number of hydrogen-bond donors (Lipinski definition) is 1. The van der Waals surface area contributed by atoms with Gasteiger partial charge in [0.15, 0.2) is 5.78 Å². The Morgan fingerprint density at radius 3 is 2.29 bits per heavy atom. The molecule has 0 spiro atoms. The molecule has 0 saturated heterocycles. The highest BCUT2D eigenvalue weighted by Gasteiger charge is 2.18. The summed E-state index contributed by atoms with van der Waals surface area (Å²) in [5, 5.41) is 8.70. The largest absolute Gasteiger partial charge is 0.388 e. The van der Waals surface area contributed by atoms with Crippen molar-refractivity contribution >= 4 is 5.78 Å². The maximum absolute atomic E-state index is 11.2. The molecule has 0 aliphatic heterocycles. The van der Waals surface area contributed by atoms with E-state index in [0.29, 0.717) is 17.9 Å². The molecule has 0 fully saturated rings. The van der Waals surface area contributed by atoms with E-state index in [0.717, 1.165) is 0 Å². The van der Waals surface area contributed by atoms with Crippen LogP contribution in [0.15, 0.2) is 12.4 Å². The fraction of sp³-hybridized carbons (Fsp3) is 0.583. The number of aliphatic hydroxyl groups excluding tert-OH is 1. The molecule has 0 aromatic carbocycles. The van der Waals surface area contributed by atoms with E-state index in [1.807, 2.05) is 7.05 Å². The topological polar surface area (TPSA) is 66.3 Å². The van der Waals surface area contributed by atoms with Crippen LogP contribution in [0.1, 0.15) is 37.0 Å². The van der Waals surface area contributed by atoms with Crippen molar-refractivity contribution in [3.8, 4) is 0 Å². The van der Waals surface area contributed by atoms with Gasteiger partial charge in [0.05, 0.1) is 12.1 Å². The first-order valence-electron chi connectivity index (χ1n) is 5.51. The van der Waals surface area contributed by atoms with E-state index >= 15 is 0 Å². The van der Waals surface area contributed by atoms with Gasteiger partial charge in [-0.3, -0.25) is 9.69 Å². The van der Waals surface area contributed by atoms with Gasteiger partial charge in [0.1, 0.15) is 12.4 Å². The summed E-state index contributed by atoms with van der Waals surface area (Å²) in [5.74, 6) is 0.303. The zero-order valence-electron chi connectivity index (χ0n) is 10.8. The zero-order valence-corrected chi connectivity index (χ0v) is 10.8. The van der Waals surface area contributed by atoms with Gasteiger partial charge in [-0.25, -0.2) is 9.97 Å². The number of carbonyl (C=O) groups is 1. The van der Waals surface area contributed by atoms with Crippen LogP contribution < -0.4 is 0 Å². The third-order valence-electron chi connectivity index (χ3n) is 2.69. The van der Waals surface area contributed by atoms with Crippen molar-refractivity contribution in [1.82, 2.24) is 14.9 Å². The van der Waals surface area contributed by atoms with Crippen LogP contribution in [0.25, 0.3) is 0 Å². The van der Waals surface area contributed by atoms with Crippen LogP contribution >= 0.6 is 0 Å². The summed E-state index contributed by atoms with van der Waals surface area (Å²) < 4.78 is 0. The molecule has 0 saturated carbocycles. The second-order valence-corrected chi connectivity index (χ2v) is 5.00. The Kier molecular flexibility index (Phi) is 4.31. The molecule has 0 radical (unpaired) electrons. The number of nitrogens with zero attached hydrogens (tertiary/aromatic N) is 3. The van der Waals surface area contributed by atoms with Crippen molar-refractivity contribution in [2.24, 2.45) is 0 Å². The van der Waals surface area contributed by atoms with E-state index in [4.69, 9.17) is 5.11 Å². The third kappa shape index (κ3) is 3.87. The summed E-state index contributed by atoms with van der Waals surface area (Å²) in [6.45, 7) is 6.44. The first-order chi connectivity index (χ1) is 7.84. The summed E-state index contributed by atoms with van der Waals surface area (Å²) in [5.41, 5.74) is 0.387. The van der Waals surface area contributed by atoms with Gasteiger partial charge >= 0.3 is 0 Å². The molecule has 0 atom stereocenters. The van der Waals surface area contributed by atoms with Crippen molar-refractivity contribution in [2.45, 2.75) is 32.9 Å². The van der Waals surface area contributed by atoms with Gasteiger partial charge in [0.25, 0.3) is 0 Å². The lowest BCUT2D eigenvalue weighted by Crippen LogP contribution is -2.37. The molecule has 0 amide bonds. The first kappa shape index (κ1) is 13.7. The minimum atomic E-state index is -0.509. The van der Waals surface area contributed by atoms with E-state index in [1.54, 1.807) is 0 Å². The Bertz CT molecular complexity index is 382. The normalized spacial score (nSPS) is 11.9. The number of aliphatic hydroxyl groups is 1. The van der Waals surface area contributed by atoms with E-state index < -0.39 is 6.61 Å². The van der Waals surface area contributed by atoms with Gasteiger partial charge in [0, 0.05) is 17.9 Å². The standard InChI is InChI=1S/C12H19N3O2/c1-12(2,3)15(4)7-11-13-5-9(6-14-11)10(17)8-16/h5-6,16H,7-8H2,1-4H3. The van der Waals surface area contributed by atoms with Crippen LogP contribution in [0.2, 0.25) is 0 Å². The fourth-order valence-electron chi connectivity index (χ4n) is 1.12. The molecule has 1 aromatic heterocycles. The third-order valence-corrected chi connectivity index (χ3v) is 2.69. The van der Waals surface area contributed by atoms with Gasteiger partial charge < -0.3 is 5.11 Å². The molecule has 17 heavy (non-hydrogen) atoms. The molecule has 0 unspecified atom stereocenters. The van der Waals surface area contributed by atoms with Gasteiger partial charge in [-0.15, -0.1) is 0 Å². The van der Waals surface area contributed by atoms with Gasteiger partial charge in [-0.1, -0.05) is 0 Å². The molecular formula is C12H19N3O2. The molecule has 94 valence electrons. The van der Waals surface area contributed by atoms with Crippen LogP contribution in [-0.4, -0.2) is 45.0 Å².